The molecule has 0 bridgehead atoms. The average molecular weight is 433 g/mol. The van der Waals surface area contributed by atoms with Crippen LogP contribution in [-0.4, -0.2) is 65.8 Å². The van der Waals surface area contributed by atoms with Crippen LogP contribution in [0.4, 0.5) is 10.5 Å². The fourth-order valence-electron chi connectivity index (χ4n) is 2.81. The first-order valence-electron chi connectivity index (χ1n) is 9.65. The molecule has 1 aliphatic rings. The van der Waals surface area contributed by atoms with Crippen LogP contribution in [0.1, 0.15) is 26.3 Å². The number of carbonyl (C=O) groups is 4. The Kier molecular flexibility index (Phi) is 7.76. The SMILES string of the molecule is COC(=O)C(Cc1ccc(NC2=CC(=O)N(CCO)C2=O)cc1)NC(=O)OC(C)(C)C. The number of methoxy groups -OCH3 is 1. The Labute approximate surface area is 180 Å². The number of aliphatic hydroxyl groups is 1. The fourth-order valence-corrected chi connectivity index (χ4v) is 2.81. The van der Waals surface area contributed by atoms with Crippen LogP contribution in [0.3, 0.4) is 0 Å². The number of nitrogens with one attached hydrogen (secondary N) is 2. The largest absolute Gasteiger partial charge is 0.467 e. The summed E-state index contributed by atoms with van der Waals surface area (Å²) in [6, 6.07) is 5.82. The molecule has 0 fully saturated rings. The van der Waals surface area contributed by atoms with Gasteiger partial charge in [0.25, 0.3) is 11.8 Å². The van der Waals surface area contributed by atoms with E-state index in [2.05, 4.69) is 10.6 Å². The Balaban J connectivity index is 2.03. The Morgan fingerprint density at radius 1 is 1.16 bits per heavy atom. The molecular weight excluding hydrogens is 406 g/mol. The molecule has 0 aromatic heterocycles. The van der Waals surface area contributed by atoms with Gasteiger partial charge in [-0.05, 0) is 38.5 Å². The van der Waals surface area contributed by atoms with E-state index in [9.17, 15) is 19.2 Å². The van der Waals surface area contributed by atoms with E-state index < -0.39 is 35.5 Å². The van der Waals surface area contributed by atoms with Gasteiger partial charge < -0.3 is 25.2 Å². The maximum absolute atomic E-state index is 12.2. The van der Waals surface area contributed by atoms with E-state index in [1.807, 2.05) is 0 Å². The number of hydrogen-bond acceptors (Lipinski definition) is 8. The molecule has 0 radical (unpaired) electrons. The molecule has 1 unspecified atom stereocenters. The molecule has 3 amide bonds. The van der Waals surface area contributed by atoms with Gasteiger partial charge in [0.05, 0.1) is 20.3 Å². The molecule has 0 saturated carbocycles. The van der Waals surface area contributed by atoms with Crippen molar-refractivity contribution in [1.29, 1.82) is 0 Å². The molecule has 10 heteroatoms. The van der Waals surface area contributed by atoms with E-state index >= 15 is 0 Å². The highest BCUT2D eigenvalue weighted by molar-refractivity contribution is 6.17. The molecule has 0 spiro atoms. The number of esters is 1. The van der Waals surface area contributed by atoms with Crippen LogP contribution >= 0.6 is 0 Å². The summed E-state index contributed by atoms with van der Waals surface area (Å²) in [5.41, 5.74) is 0.669. The Bertz CT molecular complexity index is 872. The molecule has 0 aliphatic carbocycles. The van der Waals surface area contributed by atoms with E-state index in [1.165, 1.54) is 13.2 Å². The zero-order valence-electron chi connectivity index (χ0n) is 17.9. The standard InChI is InChI=1S/C21H27N3O7/c1-21(2,3)31-20(29)23-16(19(28)30-4)11-13-5-7-14(8-6-13)22-15-12-17(26)24(9-10-25)18(15)27/h5-8,12,16,22,25H,9-11H2,1-4H3,(H,23,29). The van der Waals surface area contributed by atoms with Crippen molar-refractivity contribution >= 4 is 29.6 Å². The van der Waals surface area contributed by atoms with Gasteiger partial charge in [-0.1, -0.05) is 12.1 Å². The highest BCUT2D eigenvalue weighted by Gasteiger charge is 2.30. The van der Waals surface area contributed by atoms with Gasteiger partial charge in [-0.15, -0.1) is 0 Å². The minimum absolute atomic E-state index is 0.0716. The number of rotatable bonds is 8. The van der Waals surface area contributed by atoms with Crippen LogP contribution < -0.4 is 10.6 Å². The van der Waals surface area contributed by atoms with Crippen molar-refractivity contribution in [2.24, 2.45) is 0 Å². The Hall–Kier alpha value is -3.40. The van der Waals surface area contributed by atoms with Crippen molar-refractivity contribution < 1.29 is 33.8 Å². The third-order valence-corrected chi connectivity index (χ3v) is 4.18. The summed E-state index contributed by atoms with van der Waals surface area (Å²) in [4.78, 5) is 49.0. The number of anilines is 1. The molecule has 1 atom stereocenters. The molecule has 3 N–H and O–H groups in total. The summed E-state index contributed by atoms with van der Waals surface area (Å²) in [5.74, 6) is -1.62. The lowest BCUT2D eigenvalue weighted by molar-refractivity contribution is -0.143. The van der Waals surface area contributed by atoms with E-state index in [-0.39, 0.29) is 25.3 Å². The minimum Gasteiger partial charge on any atom is -0.467 e. The van der Waals surface area contributed by atoms with Crippen molar-refractivity contribution in [3.63, 3.8) is 0 Å². The lowest BCUT2D eigenvalue weighted by Gasteiger charge is -2.22. The van der Waals surface area contributed by atoms with Crippen molar-refractivity contribution in [1.82, 2.24) is 10.2 Å². The van der Waals surface area contributed by atoms with Gasteiger partial charge in [-0.2, -0.15) is 0 Å². The van der Waals surface area contributed by atoms with Crippen molar-refractivity contribution in [3.05, 3.63) is 41.6 Å². The van der Waals surface area contributed by atoms with Gasteiger partial charge >= 0.3 is 12.1 Å². The number of benzene rings is 1. The van der Waals surface area contributed by atoms with Crippen molar-refractivity contribution in [2.75, 3.05) is 25.6 Å². The summed E-state index contributed by atoms with van der Waals surface area (Å²) in [7, 11) is 1.23. The second-order valence-corrected chi connectivity index (χ2v) is 7.82. The predicted octanol–water partition coefficient (Wildman–Crippen LogP) is 0.952. The normalized spacial score (nSPS) is 14.7. The van der Waals surface area contributed by atoms with Crippen LogP contribution in [0.2, 0.25) is 0 Å². The van der Waals surface area contributed by atoms with Crippen LogP contribution in [0.15, 0.2) is 36.0 Å². The van der Waals surface area contributed by atoms with Gasteiger partial charge in [-0.25, -0.2) is 9.59 Å². The van der Waals surface area contributed by atoms with Crippen molar-refractivity contribution in [2.45, 2.75) is 38.8 Å². The number of ether oxygens (including phenoxy) is 2. The van der Waals surface area contributed by atoms with Gasteiger partial charge in [0.1, 0.15) is 17.3 Å². The second kappa shape index (κ2) is 10.1. The van der Waals surface area contributed by atoms with E-state index in [0.717, 1.165) is 10.5 Å². The molecule has 1 aromatic rings. The highest BCUT2D eigenvalue weighted by atomic mass is 16.6. The maximum Gasteiger partial charge on any atom is 0.408 e. The summed E-state index contributed by atoms with van der Waals surface area (Å²) in [5, 5.41) is 14.3. The number of carbonyl (C=O) groups excluding carboxylic acids is 4. The van der Waals surface area contributed by atoms with E-state index in [1.54, 1.807) is 45.0 Å². The van der Waals surface area contributed by atoms with Crippen LogP contribution in [0, 0.1) is 0 Å². The van der Waals surface area contributed by atoms with Crippen LogP contribution in [0.25, 0.3) is 0 Å². The first-order valence-corrected chi connectivity index (χ1v) is 9.65. The molecule has 1 aromatic carbocycles. The van der Waals surface area contributed by atoms with Crippen LogP contribution in [-0.2, 0) is 30.3 Å². The molecular formula is C21H27N3O7. The topological polar surface area (TPSA) is 134 Å². The number of amides is 3. The Morgan fingerprint density at radius 3 is 2.35 bits per heavy atom. The number of imide groups is 1. The smallest absolute Gasteiger partial charge is 0.408 e. The summed E-state index contributed by atoms with van der Waals surface area (Å²) >= 11 is 0. The fraction of sp³-hybridized carbons (Fsp3) is 0.429. The minimum atomic E-state index is -0.942. The summed E-state index contributed by atoms with van der Waals surface area (Å²) in [6.07, 6.45) is 0.602. The van der Waals surface area contributed by atoms with Gasteiger partial charge in [0, 0.05) is 18.2 Å². The number of aliphatic hydroxyl groups excluding tert-OH is 1. The second-order valence-electron chi connectivity index (χ2n) is 7.82. The molecule has 10 nitrogen and oxygen atoms in total. The zero-order chi connectivity index (χ0) is 23.2. The van der Waals surface area contributed by atoms with Gasteiger partial charge in [0.2, 0.25) is 0 Å². The molecule has 168 valence electrons. The summed E-state index contributed by atoms with van der Waals surface area (Å²) < 4.78 is 9.94. The van der Waals surface area contributed by atoms with Gasteiger partial charge in [-0.3, -0.25) is 14.5 Å². The number of nitrogens with zero attached hydrogens (tertiary/aromatic N) is 1. The molecule has 2 rings (SSSR count). The first-order chi connectivity index (χ1) is 14.5. The Morgan fingerprint density at radius 2 is 1.81 bits per heavy atom. The summed E-state index contributed by atoms with van der Waals surface area (Å²) in [6.45, 7) is 4.76. The third-order valence-electron chi connectivity index (χ3n) is 4.18. The van der Waals surface area contributed by atoms with Crippen LogP contribution in [0.5, 0.6) is 0 Å². The first kappa shape index (κ1) is 23.9. The number of β-amino-alcohol motifs (C(OH)–C–C–N with tert-alkyl or cyclic N) is 1. The maximum atomic E-state index is 12.2. The molecule has 0 saturated heterocycles. The number of hydrogen-bond donors (Lipinski definition) is 3. The average Bonchev–Trinajstić information content (AvgIpc) is 2.94. The lowest BCUT2D eigenvalue weighted by Crippen LogP contribution is -2.45. The third kappa shape index (κ3) is 6.82. The lowest BCUT2D eigenvalue weighted by atomic mass is 10.1. The molecule has 1 heterocycles. The van der Waals surface area contributed by atoms with Crippen molar-refractivity contribution in [3.8, 4) is 0 Å². The number of alkyl carbamates (subject to hydrolysis) is 1. The highest BCUT2D eigenvalue weighted by Crippen LogP contribution is 2.18. The van der Waals surface area contributed by atoms with E-state index in [4.69, 9.17) is 14.6 Å². The molecule has 31 heavy (non-hydrogen) atoms. The molecule has 1 aliphatic heterocycles. The quantitative estimate of drug-likeness (QED) is 0.408. The monoisotopic (exact) mass is 433 g/mol. The zero-order valence-corrected chi connectivity index (χ0v) is 17.9. The predicted molar refractivity (Wildman–Crippen MR) is 111 cm³/mol. The van der Waals surface area contributed by atoms with E-state index in [0.29, 0.717) is 5.69 Å². The van der Waals surface area contributed by atoms with Gasteiger partial charge in [0.15, 0.2) is 0 Å².